The predicted octanol–water partition coefficient (Wildman–Crippen LogP) is 0.478. The van der Waals surface area contributed by atoms with Gasteiger partial charge in [0.05, 0.1) is 24.5 Å². The van der Waals surface area contributed by atoms with Gasteiger partial charge in [-0.2, -0.15) is 4.31 Å². The maximum atomic E-state index is 12.6. The van der Waals surface area contributed by atoms with Crippen LogP contribution in [0.25, 0.3) is 0 Å². The second-order valence-corrected chi connectivity index (χ2v) is 9.44. The Hall–Kier alpha value is -3.18. The molecule has 33 heavy (non-hydrogen) atoms. The van der Waals surface area contributed by atoms with E-state index >= 15 is 0 Å². The van der Waals surface area contributed by atoms with Crippen LogP contribution in [-0.2, 0) is 14.8 Å². The summed E-state index contributed by atoms with van der Waals surface area (Å²) < 4.78 is 32.1. The molecule has 178 valence electrons. The van der Waals surface area contributed by atoms with Crippen LogP contribution >= 0.6 is 0 Å². The van der Waals surface area contributed by atoms with Crippen molar-refractivity contribution in [1.82, 2.24) is 19.9 Å². The van der Waals surface area contributed by atoms with Gasteiger partial charge in [0.25, 0.3) is 5.91 Å². The fourth-order valence-electron chi connectivity index (χ4n) is 3.44. The van der Waals surface area contributed by atoms with E-state index in [-0.39, 0.29) is 18.8 Å². The number of anilines is 1. The number of benzene rings is 1. The van der Waals surface area contributed by atoms with Gasteiger partial charge in [-0.25, -0.2) is 13.4 Å². The van der Waals surface area contributed by atoms with Gasteiger partial charge < -0.3 is 20.3 Å². The lowest BCUT2D eigenvalue weighted by molar-refractivity contribution is -0.120. The van der Waals surface area contributed by atoms with Crippen LogP contribution in [0.2, 0.25) is 0 Å². The van der Waals surface area contributed by atoms with Gasteiger partial charge in [0, 0.05) is 38.9 Å². The number of carbonyl (C=O) groups is 2. The molecule has 0 aliphatic carbocycles. The van der Waals surface area contributed by atoms with Crippen molar-refractivity contribution in [3.63, 3.8) is 0 Å². The molecule has 1 aliphatic rings. The molecule has 2 N–H and O–H groups in total. The van der Waals surface area contributed by atoms with Crippen molar-refractivity contribution in [3.05, 3.63) is 54.2 Å². The smallest absolute Gasteiger partial charge is 0.255 e. The molecule has 1 aromatic heterocycles. The van der Waals surface area contributed by atoms with Gasteiger partial charge in [-0.1, -0.05) is 18.2 Å². The van der Waals surface area contributed by atoms with E-state index in [1.165, 1.54) is 4.31 Å². The highest BCUT2D eigenvalue weighted by Gasteiger charge is 2.27. The Kier molecular flexibility index (Phi) is 8.61. The molecule has 1 aromatic carbocycles. The van der Waals surface area contributed by atoms with Gasteiger partial charge in [0.1, 0.15) is 11.6 Å². The number of amides is 2. The lowest BCUT2D eigenvalue weighted by Crippen LogP contribution is -2.50. The van der Waals surface area contributed by atoms with Crippen molar-refractivity contribution < 1.29 is 22.7 Å². The normalized spacial score (nSPS) is 14.5. The van der Waals surface area contributed by atoms with E-state index in [2.05, 4.69) is 15.6 Å². The molecular weight excluding hydrogens is 446 g/mol. The van der Waals surface area contributed by atoms with Crippen molar-refractivity contribution in [1.29, 1.82) is 0 Å². The van der Waals surface area contributed by atoms with Gasteiger partial charge in [0.2, 0.25) is 15.9 Å². The number of hydrogen-bond acceptors (Lipinski definition) is 7. The summed E-state index contributed by atoms with van der Waals surface area (Å²) in [6.45, 7) is 3.77. The Labute approximate surface area is 194 Å². The van der Waals surface area contributed by atoms with E-state index in [9.17, 15) is 18.0 Å². The average molecular weight is 476 g/mol. The minimum absolute atomic E-state index is 0.0347. The zero-order valence-electron chi connectivity index (χ0n) is 18.6. The predicted molar refractivity (Wildman–Crippen MR) is 125 cm³/mol. The van der Waals surface area contributed by atoms with E-state index in [0.717, 1.165) is 5.82 Å². The summed E-state index contributed by atoms with van der Waals surface area (Å²) in [6.07, 6.45) is 1.71. The first-order valence-corrected chi connectivity index (χ1v) is 12.4. The van der Waals surface area contributed by atoms with Gasteiger partial charge in [-0.15, -0.1) is 0 Å². The largest absolute Gasteiger partial charge is 0.493 e. The van der Waals surface area contributed by atoms with Crippen LogP contribution in [0.3, 0.4) is 0 Å². The zero-order chi connectivity index (χ0) is 23.7. The Balaban J connectivity index is 1.40. The Morgan fingerprint density at radius 1 is 1.03 bits per heavy atom. The number of pyridine rings is 1. The molecule has 2 aromatic rings. The molecule has 0 saturated carbocycles. The summed E-state index contributed by atoms with van der Waals surface area (Å²) in [7, 11) is -3.50. The molecule has 1 aliphatic heterocycles. The quantitative estimate of drug-likeness (QED) is 0.513. The number of sulfonamides is 1. The van der Waals surface area contributed by atoms with Crippen LogP contribution in [0.5, 0.6) is 5.75 Å². The molecular formula is C22H29N5O5S. The van der Waals surface area contributed by atoms with E-state index in [1.54, 1.807) is 30.5 Å². The Bertz CT molecular complexity index is 1040. The maximum Gasteiger partial charge on any atom is 0.255 e. The van der Waals surface area contributed by atoms with Crippen LogP contribution in [0.15, 0.2) is 48.7 Å². The highest BCUT2D eigenvalue weighted by molar-refractivity contribution is 7.89. The number of hydrogen-bond donors (Lipinski definition) is 2. The van der Waals surface area contributed by atoms with Crippen LogP contribution in [0.4, 0.5) is 5.82 Å². The molecule has 3 rings (SSSR count). The van der Waals surface area contributed by atoms with Crippen LogP contribution < -0.4 is 20.3 Å². The second kappa shape index (κ2) is 11.6. The van der Waals surface area contributed by atoms with Gasteiger partial charge in [0.15, 0.2) is 0 Å². The van der Waals surface area contributed by atoms with Crippen molar-refractivity contribution in [2.45, 2.75) is 6.92 Å². The van der Waals surface area contributed by atoms with Crippen LogP contribution in [-0.4, -0.2) is 81.1 Å². The minimum atomic E-state index is -3.50. The monoisotopic (exact) mass is 475 g/mol. The number of para-hydroxylation sites is 1. The average Bonchev–Trinajstić information content (AvgIpc) is 2.83. The third kappa shape index (κ3) is 6.90. The van der Waals surface area contributed by atoms with E-state index in [4.69, 9.17) is 4.74 Å². The molecule has 0 spiro atoms. The van der Waals surface area contributed by atoms with Gasteiger partial charge in [-0.05, 0) is 31.2 Å². The fourth-order valence-corrected chi connectivity index (χ4v) is 4.78. The SMILES string of the molecule is CCOc1ccccc1C(=O)NCC(=O)NCCS(=O)(=O)N1CCN(c2ccccn2)CC1. The number of aromatic nitrogens is 1. The van der Waals surface area contributed by atoms with Gasteiger partial charge >= 0.3 is 0 Å². The van der Waals surface area contributed by atoms with Crippen LogP contribution in [0.1, 0.15) is 17.3 Å². The highest BCUT2D eigenvalue weighted by atomic mass is 32.2. The molecule has 0 bridgehead atoms. The molecule has 0 radical (unpaired) electrons. The molecule has 2 amide bonds. The minimum Gasteiger partial charge on any atom is -0.493 e. The summed E-state index contributed by atoms with van der Waals surface area (Å²) in [5.74, 6) is 0.156. The summed E-state index contributed by atoms with van der Waals surface area (Å²) in [4.78, 5) is 30.7. The Morgan fingerprint density at radius 3 is 2.45 bits per heavy atom. The summed E-state index contributed by atoms with van der Waals surface area (Å²) in [5, 5.41) is 5.07. The molecule has 1 fully saturated rings. The lowest BCUT2D eigenvalue weighted by Gasteiger charge is -2.34. The number of nitrogens with zero attached hydrogens (tertiary/aromatic N) is 3. The number of carbonyl (C=O) groups excluding carboxylic acids is 2. The van der Waals surface area contributed by atoms with E-state index in [1.807, 2.05) is 30.0 Å². The molecule has 2 heterocycles. The maximum absolute atomic E-state index is 12.6. The first kappa shape index (κ1) is 24.5. The summed E-state index contributed by atoms with van der Waals surface area (Å²) in [5.41, 5.74) is 0.333. The number of nitrogens with one attached hydrogen (secondary N) is 2. The van der Waals surface area contributed by atoms with Crippen molar-refractivity contribution in [2.75, 3.05) is 56.5 Å². The van der Waals surface area contributed by atoms with Crippen LogP contribution in [0, 0.1) is 0 Å². The lowest BCUT2D eigenvalue weighted by atomic mass is 10.2. The van der Waals surface area contributed by atoms with Crippen molar-refractivity contribution >= 4 is 27.7 Å². The zero-order valence-corrected chi connectivity index (χ0v) is 19.4. The number of ether oxygens (including phenoxy) is 1. The molecule has 1 saturated heterocycles. The number of rotatable bonds is 10. The van der Waals surface area contributed by atoms with Crippen molar-refractivity contribution in [3.8, 4) is 5.75 Å². The molecule has 0 unspecified atom stereocenters. The van der Waals surface area contributed by atoms with E-state index < -0.39 is 21.8 Å². The van der Waals surface area contributed by atoms with Crippen molar-refractivity contribution in [2.24, 2.45) is 0 Å². The second-order valence-electron chi connectivity index (χ2n) is 7.35. The topological polar surface area (TPSA) is 121 Å². The third-order valence-corrected chi connectivity index (χ3v) is 7.00. The Morgan fingerprint density at radius 2 is 1.76 bits per heavy atom. The third-order valence-electron chi connectivity index (χ3n) is 5.13. The summed E-state index contributed by atoms with van der Waals surface area (Å²) in [6, 6.07) is 12.4. The molecule has 10 nitrogen and oxygen atoms in total. The first-order valence-electron chi connectivity index (χ1n) is 10.8. The van der Waals surface area contributed by atoms with Gasteiger partial charge in [-0.3, -0.25) is 9.59 Å². The summed E-state index contributed by atoms with van der Waals surface area (Å²) >= 11 is 0. The fraction of sp³-hybridized carbons (Fsp3) is 0.409. The standard InChI is InChI=1S/C22H29N5O5S/c1-2-32-19-8-4-3-7-18(19)22(29)25-17-21(28)24-11-16-33(30,31)27-14-12-26(13-15-27)20-9-5-6-10-23-20/h3-10H,2,11-17H2,1H3,(H,24,28)(H,25,29). The number of piperazine rings is 1. The highest BCUT2D eigenvalue weighted by Crippen LogP contribution is 2.17. The molecule has 0 atom stereocenters. The van der Waals surface area contributed by atoms with E-state index in [0.29, 0.717) is 44.1 Å². The molecule has 11 heteroatoms. The first-order chi connectivity index (χ1) is 15.9.